The van der Waals surface area contributed by atoms with E-state index in [-0.39, 0.29) is 5.97 Å². The monoisotopic (exact) mass is 221 g/mol. The first kappa shape index (κ1) is 10.1. The van der Waals surface area contributed by atoms with E-state index in [2.05, 4.69) is 9.72 Å². The lowest BCUT2D eigenvalue weighted by molar-refractivity contribution is -0.139. The van der Waals surface area contributed by atoms with Crippen molar-refractivity contribution in [3.05, 3.63) is 28.9 Å². The maximum absolute atomic E-state index is 11.2. The fourth-order valence-corrected chi connectivity index (χ4v) is 2.59. The minimum absolute atomic E-state index is 0.203. The maximum Gasteiger partial charge on any atom is 0.310 e. The van der Waals surface area contributed by atoms with Gasteiger partial charge in [0, 0.05) is 17.8 Å². The lowest BCUT2D eigenvalue weighted by Crippen LogP contribution is -2.03. The van der Waals surface area contributed by atoms with E-state index < -0.39 is 0 Å². The molecule has 0 aromatic carbocycles. The third-order valence-corrected chi connectivity index (χ3v) is 3.28. The van der Waals surface area contributed by atoms with Crippen LogP contribution in [0.1, 0.15) is 11.1 Å². The van der Waals surface area contributed by atoms with E-state index >= 15 is 0 Å². The normalized spacial score (nSPS) is 10.5. The quantitative estimate of drug-likeness (QED) is 0.730. The lowest BCUT2D eigenvalue weighted by Gasteiger charge is -2.00. The van der Waals surface area contributed by atoms with Gasteiger partial charge in [0.15, 0.2) is 0 Å². The van der Waals surface area contributed by atoms with Gasteiger partial charge in [-0.2, -0.15) is 0 Å². The van der Waals surface area contributed by atoms with Gasteiger partial charge < -0.3 is 4.74 Å². The molecule has 0 aliphatic rings. The van der Waals surface area contributed by atoms with Crippen molar-refractivity contribution >= 4 is 27.4 Å². The molecule has 0 saturated heterocycles. The zero-order valence-electron chi connectivity index (χ0n) is 8.61. The van der Waals surface area contributed by atoms with Crippen LogP contribution in [0.4, 0.5) is 0 Å². The van der Waals surface area contributed by atoms with Crippen molar-refractivity contribution in [2.45, 2.75) is 13.3 Å². The second kappa shape index (κ2) is 3.98. The molecule has 2 aromatic rings. The predicted molar refractivity (Wildman–Crippen MR) is 60.1 cm³/mol. The molecule has 0 bridgehead atoms. The van der Waals surface area contributed by atoms with E-state index in [0.29, 0.717) is 6.42 Å². The van der Waals surface area contributed by atoms with Crippen LogP contribution in [-0.4, -0.2) is 18.1 Å². The van der Waals surface area contributed by atoms with Crippen molar-refractivity contribution in [1.82, 2.24) is 4.98 Å². The SMILES string of the molecule is COC(=O)Cc1csc2cncc(C)c12. The Morgan fingerprint density at radius 1 is 1.53 bits per heavy atom. The Hall–Kier alpha value is -1.42. The number of hydrogen-bond acceptors (Lipinski definition) is 4. The van der Waals surface area contributed by atoms with Crippen LogP contribution in [0.15, 0.2) is 17.8 Å². The van der Waals surface area contributed by atoms with Gasteiger partial charge in [0.25, 0.3) is 0 Å². The van der Waals surface area contributed by atoms with Crippen LogP contribution < -0.4 is 0 Å². The summed E-state index contributed by atoms with van der Waals surface area (Å²) in [6.07, 6.45) is 3.98. The highest BCUT2D eigenvalue weighted by molar-refractivity contribution is 7.17. The number of aryl methyl sites for hydroxylation is 1. The number of pyridine rings is 1. The molecule has 0 amide bonds. The standard InChI is InChI=1S/C11H11NO2S/c1-7-4-12-5-9-11(7)8(6-15-9)3-10(13)14-2/h4-6H,3H2,1-2H3. The fraction of sp³-hybridized carbons (Fsp3) is 0.273. The van der Waals surface area contributed by atoms with Crippen LogP contribution in [-0.2, 0) is 16.0 Å². The number of esters is 1. The molecule has 2 heterocycles. The molecule has 0 aliphatic carbocycles. The maximum atomic E-state index is 11.2. The number of rotatable bonds is 2. The Labute approximate surface area is 91.7 Å². The summed E-state index contributed by atoms with van der Waals surface area (Å²) in [4.78, 5) is 15.3. The second-order valence-electron chi connectivity index (χ2n) is 3.34. The average molecular weight is 221 g/mol. The van der Waals surface area contributed by atoms with Gasteiger partial charge in [0.2, 0.25) is 0 Å². The number of carbonyl (C=O) groups excluding carboxylic acids is 1. The minimum Gasteiger partial charge on any atom is -0.469 e. The van der Waals surface area contributed by atoms with Gasteiger partial charge in [-0.05, 0) is 23.4 Å². The smallest absolute Gasteiger partial charge is 0.310 e. The lowest BCUT2D eigenvalue weighted by atomic mass is 10.1. The first-order valence-corrected chi connectivity index (χ1v) is 5.48. The van der Waals surface area contributed by atoms with E-state index in [1.807, 2.05) is 24.7 Å². The van der Waals surface area contributed by atoms with E-state index in [9.17, 15) is 4.79 Å². The summed E-state index contributed by atoms with van der Waals surface area (Å²) in [5.74, 6) is -0.203. The van der Waals surface area contributed by atoms with Crippen molar-refractivity contribution in [3.8, 4) is 0 Å². The van der Waals surface area contributed by atoms with Crippen molar-refractivity contribution in [1.29, 1.82) is 0 Å². The van der Waals surface area contributed by atoms with Crippen LogP contribution in [0.5, 0.6) is 0 Å². The molecule has 0 atom stereocenters. The highest BCUT2D eigenvalue weighted by Crippen LogP contribution is 2.28. The van der Waals surface area contributed by atoms with Crippen LogP contribution in [0, 0.1) is 6.92 Å². The second-order valence-corrected chi connectivity index (χ2v) is 4.25. The Morgan fingerprint density at radius 3 is 3.07 bits per heavy atom. The van der Waals surface area contributed by atoms with Crippen LogP contribution in [0.2, 0.25) is 0 Å². The summed E-state index contributed by atoms with van der Waals surface area (Å²) >= 11 is 1.61. The predicted octanol–water partition coefficient (Wildman–Crippen LogP) is 2.32. The van der Waals surface area contributed by atoms with Crippen LogP contribution >= 0.6 is 11.3 Å². The Kier molecular flexibility index (Phi) is 2.68. The fourth-order valence-electron chi connectivity index (χ4n) is 1.59. The number of aromatic nitrogens is 1. The van der Waals surface area contributed by atoms with Crippen molar-refractivity contribution in [2.75, 3.05) is 7.11 Å². The van der Waals surface area contributed by atoms with Crippen molar-refractivity contribution in [3.63, 3.8) is 0 Å². The molecule has 78 valence electrons. The topological polar surface area (TPSA) is 39.2 Å². The summed E-state index contributed by atoms with van der Waals surface area (Å²) in [7, 11) is 1.41. The summed E-state index contributed by atoms with van der Waals surface area (Å²) in [5, 5.41) is 3.14. The molecule has 0 aliphatic heterocycles. The summed E-state index contributed by atoms with van der Waals surface area (Å²) < 4.78 is 5.78. The van der Waals surface area contributed by atoms with Gasteiger partial charge in [0.05, 0.1) is 18.2 Å². The van der Waals surface area contributed by atoms with E-state index in [1.165, 1.54) is 7.11 Å². The third-order valence-electron chi connectivity index (χ3n) is 2.31. The summed E-state index contributed by atoms with van der Waals surface area (Å²) in [6, 6.07) is 0. The van der Waals surface area contributed by atoms with Gasteiger partial charge >= 0.3 is 5.97 Å². The van der Waals surface area contributed by atoms with Crippen molar-refractivity contribution < 1.29 is 9.53 Å². The largest absolute Gasteiger partial charge is 0.469 e. The van der Waals surface area contributed by atoms with E-state index in [4.69, 9.17) is 0 Å². The molecule has 2 rings (SSSR count). The first-order chi connectivity index (χ1) is 7.22. The van der Waals surface area contributed by atoms with Crippen LogP contribution in [0.3, 0.4) is 0 Å². The van der Waals surface area contributed by atoms with Crippen molar-refractivity contribution in [2.24, 2.45) is 0 Å². The van der Waals surface area contributed by atoms with Crippen LogP contribution in [0.25, 0.3) is 10.1 Å². The number of nitrogens with zero attached hydrogens (tertiary/aromatic N) is 1. The zero-order chi connectivity index (χ0) is 10.8. The van der Waals surface area contributed by atoms with Gasteiger partial charge in [-0.15, -0.1) is 11.3 Å². The molecule has 0 spiro atoms. The number of fused-ring (bicyclic) bond motifs is 1. The highest BCUT2D eigenvalue weighted by Gasteiger charge is 2.10. The van der Waals surface area contributed by atoms with Gasteiger partial charge in [-0.1, -0.05) is 0 Å². The van der Waals surface area contributed by atoms with Gasteiger partial charge in [-0.25, -0.2) is 0 Å². The Balaban J connectivity index is 2.48. The summed E-state index contributed by atoms with van der Waals surface area (Å²) in [5.41, 5.74) is 2.13. The molecule has 3 nitrogen and oxygen atoms in total. The van der Waals surface area contributed by atoms with E-state index in [0.717, 1.165) is 21.2 Å². The first-order valence-electron chi connectivity index (χ1n) is 4.60. The molecule has 15 heavy (non-hydrogen) atoms. The molecule has 0 unspecified atom stereocenters. The molecule has 0 saturated carbocycles. The highest BCUT2D eigenvalue weighted by atomic mass is 32.1. The molecular weight excluding hydrogens is 210 g/mol. The number of ether oxygens (including phenoxy) is 1. The number of hydrogen-bond donors (Lipinski definition) is 0. The molecule has 2 aromatic heterocycles. The number of carbonyl (C=O) groups is 1. The Bertz CT molecular complexity index is 504. The molecule has 4 heteroatoms. The minimum atomic E-state index is -0.203. The van der Waals surface area contributed by atoms with Gasteiger partial charge in [-0.3, -0.25) is 9.78 Å². The zero-order valence-corrected chi connectivity index (χ0v) is 9.43. The number of thiophene rings is 1. The molecule has 0 fully saturated rings. The average Bonchev–Trinajstić information content (AvgIpc) is 2.63. The molecular formula is C11H11NO2S. The number of methoxy groups -OCH3 is 1. The summed E-state index contributed by atoms with van der Waals surface area (Å²) in [6.45, 7) is 2.00. The Morgan fingerprint density at radius 2 is 2.33 bits per heavy atom. The molecule has 0 radical (unpaired) electrons. The molecule has 0 N–H and O–H groups in total. The third kappa shape index (κ3) is 1.85. The van der Waals surface area contributed by atoms with E-state index in [1.54, 1.807) is 11.3 Å². The van der Waals surface area contributed by atoms with Gasteiger partial charge in [0.1, 0.15) is 0 Å².